The first-order chi connectivity index (χ1) is 10.0. The summed E-state index contributed by atoms with van der Waals surface area (Å²) in [7, 11) is 0. The molecular formula is C20H39N. The normalized spacial score (nSPS) is 42.1. The number of likely N-dealkylation sites (tertiary alicyclic amines) is 1. The molecule has 2 aliphatic rings. The number of hydrogen-bond acceptors (Lipinski definition) is 1. The van der Waals surface area contributed by atoms with Gasteiger partial charge in [-0.25, -0.2) is 0 Å². The summed E-state index contributed by atoms with van der Waals surface area (Å²) in [5.41, 5.74) is 0.558. The summed E-state index contributed by atoms with van der Waals surface area (Å²) in [6.07, 6.45) is 9.92. The second-order valence-corrected chi connectivity index (χ2v) is 8.40. The molecule has 1 saturated heterocycles. The summed E-state index contributed by atoms with van der Waals surface area (Å²) in [5.74, 6) is 3.66. The van der Waals surface area contributed by atoms with E-state index in [0.29, 0.717) is 5.41 Å². The predicted octanol–water partition coefficient (Wildman–Crippen LogP) is 5.60. The van der Waals surface area contributed by atoms with Crippen LogP contribution < -0.4 is 0 Å². The van der Waals surface area contributed by atoms with E-state index in [0.717, 1.165) is 23.7 Å². The van der Waals surface area contributed by atoms with E-state index < -0.39 is 0 Å². The van der Waals surface area contributed by atoms with E-state index in [1.165, 1.54) is 64.6 Å². The molecule has 0 N–H and O–H groups in total. The van der Waals surface area contributed by atoms with E-state index in [-0.39, 0.29) is 0 Å². The first kappa shape index (κ1) is 17.3. The van der Waals surface area contributed by atoms with Crippen molar-refractivity contribution in [2.24, 2.45) is 29.1 Å². The Balaban J connectivity index is 2.25. The summed E-state index contributed by atoms with van der Waals surface area (Å²) < 4.78 is 0. The van der Waals surface area contributed by atoms with Crippen LogP contribution in [0.25, 0.3) is 0 Å². The Bertz CT molecular complexity index is 307. The van der Waals surface area contributed by atoms with Gasteiger partial charge >= 0.3 is 0 Å². The minimum atomic E-state index is 0.558. The third-order valence-corrected chi connectivity index (χ3v) is 7.19. The molecule has 0 bridgehead atoms. The molecule has 1 nitrogen and oxygen atoms in total. The van der Waals surface area contributed by atoms with Crippen LogP contribution in [-0.4, -0.2) is 24.5 Å². The van der Waals surface area contributed by atoms with E-state index in [1.807, 2.05) is 0 Å². The van der Waals surface area contributed by atoms with Crippen LogP contribution in [0.1, 0.15) is 79.6 Å². The molecule has 1 aliphatic heterocycles. The SMILES string of the molecule is CCCC1(C)C(C)CCC(C)C(CC)[C@H]1CN1CCCC1. The first-order valence-corrected chi connectivity index (χ1v) is 9.75. The second-order valence-electron chi connectivity index (χ2n) is 8.40. The Morgan fingerprint density at radius 3 is 2.29 bits per heavy atom. The third kappa shape index (κ3) is 3.66. The molecule has 124 valence electrons. The molecule has 0 aromatic rings. The highest BCUT2D eigenvalue weighted by Gasteiger charge is 2.46. The van der Waals surface area contributed by atoms with Crippen molar-refractivity contribution >= 4 is 0 Å². The summed E-state index contributed by atoms with van der Waals surface area (Å²) in [6, 6.07) is 0. The molecule has 0 aromatic carbocycles. The Morgan fingerprint density at radius 2 is 1.71 bits per heavy atom. The van der Waals surface area contributed by atoms with Crippen LogP contribution in [0.2, 0.25) is 0 Å². The first-order valence-electron chi connectivity index (χ1n) is 9.75. The van der Waals surface area contributed by atoms with Gasteiger partial charge in [0, 0.05) is 6.54 Å². The van der Waals surface area contributed by atoms with E-state index in [1.54, 1.807) is 0 Å². The molecular weight excluding hydrogens is 254 g/mol. The largest absolute Gasteiger partial charge is 0.303 e. The van der Waals surface area contributed by atoms with Gasteiger partial charge in [0.05, 0.1) is 0 Å². The molecule has 1 heteroatoms. The maximum atomic E-state index is 2.78. The van der Waals surface area contributed by atoms with Crippen LogP contribution >= 0.6 is 0 Å². The zero-order valence-electron chi connectivity index (χ0n) is 15.3. The van der Waals surface area contributed by atoms with Crippen molar-refractivity contribution in [2.75, 3.05) is 19.6 Å². The summed E-state index contributed by atoms with van der Waals surface area (Å²) in [4.78, 5) is 2.78. The smallest absolute Gasteiger partial charge is 0.00177 e. The molecule has 0 aromatic heterocycles. The van der Waals surface area contributed by atoms with E-state index >= 15 is 0 Å². The Morgan fingerprint density at radius 1 is 1.05 bits per heavy atom. The van der Waals surface area contributed by atoms with Crippen molar-refractivity contribution in [1.29, 1.82) is 0 Å². The molecule has 0 amide bonds. The summed E-state index contributed by atoms with van der Waals surface area (Å²) in [6.45, 7) is 16.7. The predicted molar refractivity (Wildman–Crippen MR) is 93.5 cm³/mol. The zero-order valence-corrected chi connectivity index (χ0v) is 15.3. The lowest BCUT2D eigenvalue weighted by molar-refractivity contribution is 0.0236. The molecule has 2 rings (SSSR count). The van der Waals surface area contributed by atoms with E-state index in [4.69, 9.17) is 0 Å². The Labute approximate surface area is 133 Å². The molecule has 2 fully saturated rings. The van der Waals surface area contributed by atoms with Crippen molar-refractivity contribution in [2.45, 2.75) is 79.6 Å². The lowest BCUT2D eigenvalue weighted by Crippen LogP contribution is -2.44. The molecule has 1 saturated carbocycles. The molecule has 1 heterocycles. The lowest BCUT2D eigenvalue weighted by atomic mass is 9.61. The fourth-order valence-electron chi connectivity index (χ4n) is 5.55. The number of hydrogen-bond donors (Lipinski definition) is 0. The standard InChI is InChI=1S/C20H39N/c1-6-12-20(5)17(4)11-10-16(3)18(7-2)19(20)15-21-13-8-9-14-21/h16-19H,6-15H2,1-5H3/t16?,17?,18?,19-,20?/m1/s1. The third-order valence-electron chi connectivity index (χ3n) is 7.19. The maximum absolute atomic E-state index is 2.78. The Hall–Kier alpha value is -0.0400. The minimum absolute atomic E-state index is 0.558. The average molecular weight is 294 g/mol. The van der Waals surface area contributed by atoms with Gasteiger partial charge in [-0.15, -0.1) is 0 Å². The highest BCUT2D eigenvalue weighted by Crippen LogP contribution is 2.52. The van der Waals surface area contributed by atoms with E-state index in [2.05, 4.69) is 39.5 Å². The maximum Gasteiger partial charge on any atom is 0.00177 e. The van der Waals surface area contributed by atoms with Crippen LogP contribution in [0.15, 0.2) is 0 Å². The summed E-state index contributed by atoms with van der Waals surface area (Å²) in [5, 5.41) is 0. The topological polar surface area (TPSA) is 3.24 Å². The highest BCUT2D eigenvalue weighted by atomic mass is 15.1. The van der Waals surface area contributed by atoms with Gasteiger partial charge in [-0.2, -0.15) is 0 Å². The van der Waals surface area contributed by atoms with Crippen LogP contribution in [0.4, 0.5) is 0 Å². The fourth-order valence-corrected chi connectivity index (χ4v) is 5.55. The lowest BCUT2D eigenvalue weighted by Gasteiger charge is -2.46. The van der Waals surface area contributed by atoms with Crippen LogP contribution in [-0.2, 0) is 0 Å². The van der Waals surface area contributed by atoms with Crippen molar-refractivity contribution < 1.29 is 0 Å². The second kappa shape index (κ2) is 7.49. The molecule has 0 spiro atoms. The number of rotatable bonds is 5. The molecule has 4 unspecified atom stereocenters. The monoisotopic (exact) mass is 293 g/mol. The van der Waals surface area contributed by atoms with Gasteiger partial charge in [-0.05, 0) is 67.9 Å². The van der Waals surface area contributed by atoms with Gasteiger partial charge < -0.3 is 4.90 Å². The van der Waals surface area contributed by atoms with Gasteiger partial charge in [0.1, 0.15) is 0 Å². The van der Waals surface area contributed by atoms with E-state index in [9.17, 15) is 0 Å². The van der Waals surface area contributed by atoms with Gasteiger partial charge in [-0.1, -0.05) is 53.9 Å². The highest BCUT2D eigenvalue weighted by molar-refractivity contribution is 4.96. The van der Waals surface area contributed by atoms with Crippen molar-refractivity contribution in [3.8, 4) is 0 Å². The molecule has 1 aliphatic carbocycles. The quantitative estimate of drug-likeness (QED) is 0.597. The van der Waals surface area contributed by atoms with Crippen LogP contribution in [0.3, 0.4) is 0 Å². The molecule has 21 heavy (non-hydrogen) atoms. The van der Waals surface area contributed by atoms with Crippen molar-refractivity contribution in [3.05, 3.63) is 0 Å². The number of nitrogens with zero attached hydrogens (tertiary/aromatic N) is 1. The van der Waals surface area contributed by atoms with Gasteiger partial charge in [0.15, 0.2) is 0 Å². The molecule has 0 radical (unpaired) electrons. The van der Waals surface area contributed by atoms with Crippen molar-refractivity contribution in [3.63, 3.8) is 0 Å². The van der Waals surface area contributed by atoms with Gasteiger partial charge in [0.2, 0.25) is 0 Å². The Kier molecular flexibility index (Phi) is 6.17. The molecule has 5 atom stereocenters. The van der Waals surface area contributed by atoms with Crippen LogP contribution in [0.5, 0.6) is 0 Å². The van der Waals surface area contributed by atoms with Crippen molar-refractivity contribution in [1.82, 2.24) is 4.90 Å². The summed E-state index contributed by atoms with van der Waals surface area (Å²) >= 11 is 0. The van der Waals surface area contributed by atoms with Gasteiger partial charge in [-0.3, -0.25) is 0 Å². The fraction of sp³-hybridized carbons (Fsp3) is 1.00. The van der Waals surface area contributed by atoms with Gasteiger partial charge in [0.25, 0.3) is 0 Å². The minimum Gasteiger partial charge on any atom is -0.303 e. The van der Waals surface area contributed by atoms with Crippen LogP contribution in [0, 0.1) is 29.1 Å². The zero-order chi connectivity index (χ0) is 15.5. The average Bonchev–Trinajstić information content (AvgIpc) is 2.94.